The number of hydrogen-bond acceptors (Lipinski definition) is 6. The van der Waals surface area contributed by atoms with Crippen LogP contribution in [-0.2, 0) is 12.6 Å². The van der Waals surface area contributed by atoms with Gasteiger partial charge in [0.2, 0.25) is 4.96 Å². The van der Waals surface area contributed by atoms with Gasteiger partial charge in [0.05, 0.1) is 6.04 Å². The fourth-order valence-electron chi connectivity index (χ4n) is 2.40. The minimum atomic E-state index is -4.56. The van der Waals surface area contributed by atoms with Crippen LogP contribution in [0.1, 0.15) is 27.3 Å². The van der Waals surface area contributed by atoms with E-state index in [1.807, 2.05) is 11.4 Å². The number of rotatable bonds is 1. The van der Waals surface area contributed by atoms with Gasteiger partial charge in [-0.1, -0.05) is 11.3 Å². The van der Waals surface area contributed by atoms with Crippen molar-refractivity contribution in [2.45, 2.75) is 18.6 Å². The summed E-state index contributed by atoms with van der Waals surface area (Å²) in [5.41, 5.74) is 1.09. The van der Waals surface area contributed by atoms with E-state index in [2.05, 4.69) is 20.6 Å². The standard InChI is InChI=1S/C11H8F3N5S2/c12-11(13,14)9-16-17-10-19(9)18-8(21-10)7-5-2-4-20-6(5)1-3-15-7/h2,4,7,15H,1,3H2. The molecular formula is C11H8F3N5S2. The molecule has 0 bridgehead atoms. The van der Waals surface area contributed by atoms with Crippen molar-refractivity contribution in [1.82, 2.24) is 25.1 Å². The third-order valence-electron chi connectivity index (χ3n) is 3.30. The molecule has 1 N–H and O–H groups in total. The average molecular weight is 331 g/mol. The molecule has 0 aromatic carbocycles. The van der Waals surface area contributed by atoms with Crippen molar-refractivity contribution in [1.29, 1.82) is 0 Å². The molecule has 1 atom stereocenters. The van der Waals surface area contributed by atoms with Crippen molar-refractivity contribution in [3.05, 3.63) is 32.7 Å². The number of fused-ring (bicyclic) bond motifs is 2. The summed E-state index contributed by atoms with van der Waals surface area (Å²) in [5, 5.41) is 16.7. The zero-order chi connectivity index (χ0) is 14.6. The molecule has 0 spiro atoms. The maximum absolute atomic E-state index is 12.8. The zero-order valence-corrected chi connectivity index (χ0v) is 12.0. The molecule has 5 nitrogen and oxygen atoms in total. The smallest absolute Gasteiger partial charge is 0.304 e. The molecule has 0 saturated heterocycles. The molecule has 1 aliphatic rings. The lowest BCUT2D eigenvalue weighted by atomic mass is 10.0. The highest BCUT2D eigenvalue weighted by Crippen LogP contribution is 2.35. The van der Waals surface area contributed by atoms with E-state index in [0.29, 0.717) is 5.01 Å². The summed E-state index contributed by atoms with van der Waals surface area (Å²) >= 11 is 2.79. The molecule has 4 rings (SSSR count). The SMILES string of the molecule is FC(F)(F)c1nnc2sc(C3NCCc4sccc43)nn12. The van der Waals surface area contributed by atoms with Crippen LogP contribution in [0, 0.1) is 0 Å². The van der Waals surface area contributed by atoms with Crippen LogP contribution in [0.2, 0.25) is 0 Å². The van der Waals surface area contributed by atoms with Gasteiger partial charge in [-0.2, -0.15) is 22.8 Å². The number of aromatic nitrogens is 4. The van der Waals surface area contributed by atoms with Crippen LogP contribution in [0.15, 0.2) is 11.4 Å². The Bertz CT molecular complexity index is 802. The highest BCUT2D eigenvalue weighted by atomic mass is 32.1. The summed E-state index contributed by atoms with van der Waals surface area (Å²) < 4.78 is 39.2. The van der Waals surface area contributed by atoms with Gasteiger partial charge in [-0.15, -0.1) is 21.5 Å². The number of alkyl halides is 3. The molecule has 0 fully saturated rings. The summed E-state index contributed by atoms with van der Waals surface area (Å²) in [7, 11) is 0. The Hall–Kier alpha value is -1.52. The molecule has 1 unspecified atom stereocenters. The fourth-order valence-corrected chi connectivity index (χ4v) is 4.25. The van der Waals surface area contributed by atoms with Gasteiger partial charge in [0, 0.05) is 11.4 Å². The van der Waals surface area contributed by atoms with Gasteiger partial charge < -0.3 is 5.32 Å². The average Bonchev–Trinajstić information content (AvgIpc) is 3.10. The third-order valence-corrected chi connectivity index (χ3v) is 5.26. The van der Waals surface area contributed by atoms with E-state index in [1.54, 1.807) is 11.3 Å². The molecule has 110 valence electrons. The Morgan fingerprint density at radius 2 is 2.19 bits per heavy atom. The maximum atomic E-state index is 12.8. The summed E-state index contributed by atoms with van der Waals surface area (Å²) in [6, 6.07) is 1.82. The highest BCUT2D eigenvalue weighted by Gasteiger charge is 2.39. The van der Waals surface area contributed by atoms with Crippen LogP contribution in [0.5, 0.6) is 0 Å². The second-order valence-electron chi connectivity index (χ2n) is 4.59. The van der Waals surface area contributed by atoms with Gasteiger partial charge in [-0.05, 0) is 23.4 Å². The Labute approximate surface area is 124 Å². The Kier molecular flexibility index (Phi) is 2.81. The van der Waals surface area contributed by atoms with Gasteiger partial charge in [0.1, 0.15) is 5.01 Å². The molecule has 0 radical (unpaired) electrons. The number of nitrogens with zero attached hydrogens (tertiary/aromatic N) is 4. The lowest BCUT2D eigenvalue weighted by Gasteiger charge is -2.21. The van der Waals surface area contributed by atoms with Crippen LogP contribution < -0.4 is 5.32 Å². The summed E-state index contributed by atoms with van der Waals surface area (Å²) in [6.07, 6.45) is -3.63. The predicted molar refractivity (Wildman–Crippen MR) is 71.5 cm³/mol. The predicted octanol–water partition coefficient (Wildman–Crippen LogP) is 2.50. The van der Waals surface area contributed by atoms with Gasteiger partial charge >= 0.3 is 6.18 Å². The van der Waals surface area contributed by atoms with E-state index in [4.69, 9.17) is 0 Å². The molecule has 4 heterocycles. The Morgan fingerprint density at radius 3 is 3.00 bits per heavy atom. The Balaban J connectivity index is 1.81. The second-order valence-corrected chi connectivity index (χ2v) is 6.58. The third kappa shape index (κ3) is 2.05. The normalized spacial score (nSPS) is 19.1. The number of nitrogens with one attached hydrogen (secondary N) is 1. The summed E-state index contributed by atoms with van der Waals surface area (Å²) in [4.78, 5) is 1.40. The van der Waals surface area contributed by atoms with E-state index in [-0.39, 0.29) is 11.0 Å². The van der Waals surface area contributed by atoms with Crippen molar-refractivity contribution in [2.24, 2.45) is 0 Å². The largest absolute Gasteiger partial charge is 0.453 e. The van der Waals surface area contributed by atoms with Gasteiger partial charge in [0.15, 0.2) is 0 Å². The highest BCUT2D eigenvalue weighted by molar-refractivity contribution is 7.16. The first-order valence-corrected chi connectivity index (χ1v) is 7.82. The first-order valence-electron chi connectivity index (χ1n) is 6.13. The van der Waals surface area contributed by atoms with E-state index >= 15 is 0 Å². The van der Waals surface area contributed by atoms with Crippen LogP contribution >= 0.6 is 22.7 Å². The second kappa shape index (κ2) is 4.49. The van der Waals surface area contributed by atoms with E-state index in [9.17, 15) is 13.2 Å². The van der Waals surface area contributed by atoms with E-state index < -0.39 is 12.0 Å². The van der Waals surface area contributed by atoms with Crippen molar-refractivity contribution in [3.8, 4) is 0 Å². The van der Waals surface area contributed by atoms with Gasteiger partial charge in [-0.3, -0.25) is 0 Å². The minimum absolute atomic E-state index is 0.154. The number of hydrogen-bond donors (Lipinski definition) is 1. The monoisotopic (exact) mass is 331 g/mol. The quantitative estimate of drug-likeness (QED) is 0.744. The van der Waals surface area contributed by atoms with Crippen LogP contribution in [-0.4, -0.2) is 26.4 Å². The lowest BCUT2D eigenvalue weighted by Crippen LogP contribution is -2.29. The number of thiophene rings is 1. The first kappa shape index (κ1) is 13.2. The maximum Gasteiger partial charge on any atom is 0.453 e. The molecule has 0 amide bonds. The molecule has 0 aliphatic carbocycles. The molecule has 10 heteroatoms. The van der Waals surface area contributed by atoms with Crippen molar-refractivity contribution < 1.29 is 13.2 Å². The van der Waals surface area contributed by atoms with Gasteiger partial charge in [-0.25, -0.2) is 0 Å². The molecular weight excluding hydrogens is 323 g/mol. The zero-order valence-electron chi connectivity index (χ0n) is 10.4. The lowest BCUT2D eigenvalue weighted by molar-refractivity contribution is -0.146. The Morgan fingerprint density at radius 1 is 1.33 bits per heavy atom. The van der Waals surface area contributed by atoms with Crippen LogP contribution in [0.25, 0.3) is 4.96 Å². The first-order chi connectivity index (χ1) is 10.0. The van der Waals surface area contributed by atoms with Crippen LogP contribution in [0.4, 0.5) is 13.2 Å². The molecule has 1 aliphatic heterocycles. The van der Waals surface area contributed by atoms with Crippen molar-refractivity contribution in [3.63, 3.8) is 0 Å². The van der Waals surface area contributed by atoms with Gasteiger partial charge in [0.25, 0.3) is 5.82 Å². The summed E-state index contributed by atoms with van der Waals surface area (Å²) in [6.45, 7) is 0.782. The van der Waals surface area contributed by atoms with Crippen molar-refractivity contribution >= 4 is 27.6 Å². The van der Waals surface area contributed by atoms with E-state index in [0.717, 1.165) is 34.4 Å². The molecule has 21 heavy (non-hydrogen) atoms. The van der Waals surface area contributed by atoms with Crippen LogP contribution in [0.3, 0.4) is 0 Å². The topological polar surface area (TPSA) is 55.1 Å². The van der Waals surface area contributed by atoms with E-state index in [1.165, 1.54) is 4.88 Å². The van der Waals surface area contributed by atoms with Crippen molar-refractivity contribution in [2.75, 3.05) is 6.54 Å². The summed E-state index contributed by atoms with van der Waals surface area (Å²) in [5.74, 6) is -1.08. The fraction of sp³-hybridized carbons (Fsp3) is 0.364. The minimum Gasteiger partial charge on any atom is -0.304 e. The molecule has 3 aromatic rings. The molecule has 3 aromatic heterocycles. The molecule has 0 saturated carbocycles. The number of halogens is 3.